The fourth-order valence-corrected chi connectivity index (χ4v) is 2.90. The Morgan fingerprint density at radius 1 is 1.40 bits per heavy atom. The van der Waals surface area contributed by atoms with Gasteiger partial charge < -0.3 is 0 Å². The zero-order valence-corrected chi connectivity index (χ0v) is 11.8. The Labute approximate surface area is 118 Å². The molecule has 20 heavy (non-hydrogen) atoms. The molecule has 0 bridgehead atoms. The fourth-order valence-electron chi connectivity index (χ4n) is 2.90. The van der Waals surface area contributed by atoms with Gasteiger partial charge in [0.05, 0.1) is 4.92 Å². The fraction of sp³-hybridized carbons (Fsp3) is 0.600. The average Bonchev–Trinajstić information content (AvgIpc) is 2.41. The highest BCUT2D eigenvalue weighted by Crippen LogP contribution is 2.24. The second-order valence-corrected chi connectivity index (χ2v) is 5.55. The van der Waals surface area contributed by atoms with E-state index < -0.39 is 16.4 Å². The smallest absolute Gasteiger partial charge is 0.299 e. The quantitative estimate of drug-likeness (QED) is 0.609. The standard InChI is InChI=1S/C15H21FN2O2/c1-2-3-12-6-8-17(9-7-12)11-13-4-5-15(18(19)20)14(16)10-13/h4-5,10,12H,2-3,6-9,11H2,1H3. The summed E-state index contributed by atoms with van der Waals surface area (Å²) in [5.74, 6) is 0.0817. The number of nitro groups is 1. The minimum Gasteiger partial charge on any atom is -0.299 e. The molecule has 1 aromatic rings. The molecule has 0 radical (unpaired) electrons. The van der Waals surface area contributed by atoms with Gasteiger partial charge in [0.2, 0.25) is 5.82 Å². The minimum absolute atomic E-state index is 0.449. The van der Waals surface area contributed by atoms with E-state index in [2.05, 4.69) is 11.8 Å². The van der Waals surface area contributed by atoms with Crippen LogP contribution in [0.15, 0.2) is 18.2 Å². The van der Waals surface area contributed by atoms with E-state index >= 15 is 0 Å². The molecular weight excluding hydrogens is 259 g/mol. The summed E-state index contributed by atoms with van der Waals surface area (Å²) < 4.78 is 13.6. The minimum atomic E-state index is -0.742. The summed E-state index contributed by atoms with van der Waals surface area (Å²) in [6.45, 7) is 4.95. The van der Waals surface area contributed by atoms with Crippen molar-refractivity contribution in [3.8, 4) is 0 Å². The lowest BCUT2D eigenvalue weighted by molar-refractivity contribution is -0.387. The highest BCUT2D eigenvalue weighted by Gasteiger charge is 2.20. The topological polar surface area (TPSA) is 46.4 Å². The van der Waals surface area contributed by atoms with Crippen LogP contribution in [0, 0.1) is 21.8 Å². The van der Waals surface area contributed by atoms with Crippen LogP contribution in [0.5, 0.6) is 0 Å². The monoisotopic (exact) mass is 280 g/mol. The van der Waals surface area contributed by atoms with Crippen LogP contribution in [-0.4, -0.2) is 22.9 Å². The van der Waals surface area contributed by atoms with Crippen LogP contribution >= 0.6 is 0 Å². The zero-order chi connectivity index (χ0) is 14.5. The summed E-state index contributed by atoms with van der Waals surface area (Å²) >= 11 is 0. The lowest BCUT2D eigenvalue weighted by Crippen LogP contribution is -2.33. The largest absolute Gasteiger partial charge is 0.304 e. The summed E-state index contributed by atoms with van der Waals surface area (Å²) in [5.41, 5.74) is 0.359. The van der Waals surface area contributed by atoms with Crippen molar-refractivity contribution in [3.63, 3.8) is 0 Å². The van der Waals surface area contributed by atoms with Gasteiger partial charge in [0, 0.05) is 12.6 Å². The third-order valence-corrected chi connectivity index (χ3v) is 4.02. The molecular formula is C15H21FN2O2. The van der Waals surface area contributed by atoms with E-state index in [1.165, 1.54) is 37.8 Å². The molecule has 0 aromatic heterocycles. The molecule has 0 N–H and O–H groups in total. The van der Waals surface area contributed by atoms with Gasteiger partial charge in [0.15, 0.2) is 0 Å². The summed E-state index contributed by atoms with van der Waals surface area (Å²) in [6, 6.07) is 4.20. The van der Waals surface area contributed by atoms with Crippen molar-refractivity contribution in [2.45, 2.75) is 39.2 Å². The zero-order valence-electron chi connectivity index (χ0n) is 11.8. The number of halogens is 1. The van der Waals surface area contributed by atoms with Gasteiger partial charge in [-0.05, 0) is 43.5 Å². The number of nitro benzene ring substituents is 1. The van der Waals surface area contributed by atoms with Crippen LogP contribution < -0.4 is 0 Å². The number of hydrogen-bond donors (Lipinski definition) is 0. The van der Waals surface area contributed by atoms with Crippen LogP contribution in [-0.2, 0) is 6.54 Å². The predicted molar refractivity (Wildman–Crippen MR) is 76.0 cm³/mol. The Morgan fingerprint density at radius 3 is 2.65 bits per heavy atom. The SMILES string of the molecule is CCCC1CCN(Cc2ccc([N+](=O)[O-])c(F)c2)CC1. The lowest BCUT2D eigenvalue weighted by atomic mass is 9.92. The van der Waals surface area contributed by atoms with E-state index in [0.29, 0.717) is 6.54 Å². The summed E-state index contributed by atoms with van der Waals surface area (Å²) in [5, 5.41) is 10.6. The Morgan fingerprint density at radius 2 is 2.10 bits per heavy atom. The molecule has 1 aromatic carbocycles. The van der Waals surface area contributed by atoms with Crippen LogP contribution in [0.25, 0.3) is 0 Å². The van der Waals surface area contributed by atoms with Crippen LogP contribution in [0.2, 0.25) is 0 Å². The summed E-state index contributed by atoms with van der Waals surface area (Å²) in [4.78, 5) is 12.2. The maximum absolute atomic E-state index is 13.6. The van der Waals surface area contributed by atoms with Gasteiger partial charge >= 0.3 is 5.69 Å². The number of nitrogens with zero attached hydrogens (tertiary/aromatic N) is 2. The van der Waals surface area contributed by atoms with Gasteiger partial charge in [-0.1, -0.05) is 25.8 Å². The molecule has 2 rings (SSSR count). The first-order valence-electron chi connectivity index (χ1n) is 7.25. The van der Waals surface area contributed by atoms with Crippen molar-refractivity contribution in [2.24, 2.45) is 5.92 Å². The molecule has 0 amide bonds. The first-order valence-corrected chi connectivity index (χ1v) is 7.25. The molecule has 4 nitrogen and oxygen atoms in total. The number of likely N-dealkylation sites (tertiary alicyclic amines) is 1. The van der Waals surface area contributed by atoms with Crippen LogP contribution in [0.1, 0.15) is 38.2 Å². The third kappa shape index (κ3) is 3.76. The first-order chi connectivity index (χ1) is 9.60. The predicted octanol–water partition coefficient (Wildman–Crippen LogP) is 3.75. The molecule has 1 fully saturated rings. The normalized spacial score (nSPS) is 17.3. The molecule has 110 valence electrons. The van der Waals surface area contributed by atoms with Gasteiger partial charge in [0.25, 0.3) is 0 Å². The number of piperidine rings is 1. The molecule has 1 saturated heterocycles. The average molecular weight is 280 g/mol. The molecule has 0 atom stereocenters. The molecule has 0 spiro atoms. The van der Waals surface area contributed by atoms with E-state index in [1.54, 1.807) is 6.07 Å². The van der Waals surface area contributed by atoms with Crippen molar-refractivity contribution < 1.29 is 9.31 Å². The first kappa shape index (κ1) is 14.9. The van der Waals surface area contributed by atoms with Gasteiger partial charge in [-0.2, -0.15) is 4.39 Å². The van der Waals surface area contributed by atoms with Crippen molar-refractivity contribution in [1.82, 2.24) is 4.90 Å². The second-order valence-electron chi connectivity index (χ2n) is 5.55. The molecule has 0 unspecified atom stereocenters. The van der Waals surface area contributed by atoms with Crippen LogP contribution in [0.3, 0.4) is 0 Å². The van der Waals surface area contributed by atoms with Gasteiger partial charge in [-0.25, -0.2) is 0 Å². The highest BCUT2D eigenvalue weighted by atomic mass is 19.1. The number of benzene rings is 1. The van der Waals surface area contributed by atoms with Gasteiger partial charge in [0.1, 0.15) is 0 Å². The second kappa shape index (κ2) is 6.79. The third-order valence-electron chi connectivity index (χ3n) is 4.02. The Hall–Kier alpha value is -1.49. The van der Waals surface area contributed by atoms with E-state index in [-0.39, 0.29) is 0 Å². The van der Waals surface area contributed by atoms with E-state index in [9.17, 15) is 14.5 Å². The van der Waals surface area contributed by atoms with Gasteiger partial charge in [-0.3, -0.25) is 15.0 Å². The number of hydrogen-bond acceptors (Lipinski definition) is 3. The number of rotatable bonds is 5. The highest BCUT2D eigenvalue weighted by molar-refractivity contribution is 5.34. The van der Waals surface area contributed by atoms with E-state index in [1.807, 2.05) is 0 Å². The molecule has 1 aliphatic heterocycles. The Kier molecular flexibility index (Phi) is 5.06. The van der Waals surface area contributed by atoms with E-state index in [4.69, 9.17) is 0 Å². The molecule has 0 saturated carbocycles. The Balaban J connectivity index is 1.91. The van der Waals surface area contributed by atoms with Crippen molar-refractivity contribution in [3.05, 3.63) is 39.7 Å². The molecule has 1 heterocycles. The molecule has 5 heteroatoms. The lowest BCUT2D eigenvalue weighted by Gasteiger charge is -2.31. The Bertz CT molecular complexity index is 471. The maximum atomic E-state index is 13.6. The molecule has 0 aliphatic carbocycles. The molecule has 1 aliphatic rings. The van der Waals surface area contributed by atoms with Crippen molar-refractivity contribution in [2.75, 3.05) is 13.1 Å². The summed E-state index contributed by atoms with van der Waals surface area (Å²) in [6.07, 6.45) is 4.92. The summed E-state index contributed by atoms with van der Waals surface area (Å²) in [7, 11) is 0. The van der Waals surface area contributed by atoms with Gasteiger partial charge in [-0.15, -0.1) is 0 Å². The van der Waals surface area contributed by atoms with E-state index in [0.717, 1.165) is 24.6 Å². The van der Waals surface area contributed by atoms with Crippen LogP contribution in [0.4, 0.5) is 10.1 Å². The van der Waals surface area contributed by atoms with Crippen molar-refractivity contribution in [1.29, 1.82) is 0 Å². The van der Waals surface area contributed by atoms with Crippen molar-refractivity contribution >= 4 is 5.69 Å². The maximum Gasteiger partial charge on any atom is 0.304 e.